The van der Waals surface area contributed by atoms with Gasteiger partial charge in [-0.2, -0.15) is 8.78 Å². The summed E-state index contributed by atoms with van der Waals surface area (Å²) in [5, 5.41) is 2.81. The maximum absolute atomic E-state index is 14.4. The molecule has 0 radical (unpaired) electrons. The molecule has 7 heteroatoms. The van der Waals surface area contributed by atoms with Gasteiger partial charge in [-0.05, 0) is 18.7 Å². The predicted octanol–water partition coefficient (Wildman–Crippen LogP) is 3.71. The highest BCUT2D eigenvalue weighted by Crippen LogP contribution is 2.34. The second kappa shape index (κ2) is 8.17. The van der Waals surface area contributed by atoms with E-state index >= 15 is 0 Å². The number of ether oxygens (including phenoxy) is 1. The first kappa shape index (κ1) is 19.3. The molecule has 126 valence electrons. The molecule has 0 aliphatic heterocycles. The van der Waals surface area contributed by atoms with Gasteiger partial charge < -0.3 is 10.1 Å². The van der Waals surface area contributed by atoms with Crippen LogP contribution in [0.1, 0.15) is 16.8 Å². The SMILES string of the molecule is CNCc1cc(F)c(C(F)(F)Cc2ccccc2)nc1OC.Cl. The van der Waals surface area contributed by atoms with Gasteiger partial charge in [0.2, 0.25) is 5.88 Å². The highest BCUT2D eigenvalue weighted by molar-refractivity contribution is 5.85. The van der Waals surface area contributed by atoms with Crippen LogP contribution < -0.4 is 10.1 Å². The molecule has 1 aromatic carbocycles. The Labute approximate surface area is 139 Å². The zero-order chi connectivity index (χ0) is 16.2. The molecule has 0 fully saturated rings. The maximum Gasteiger partial charge on any atom is 0.296 e. The maximum atomic E-state index is 14.4. The monoisotopic (exact) mass is 346 g/mol. The number of pyridine rings is 1. The van der Waals surface area contributed by atoms with Crippen LogP contribution in [0.4, 0.5) is 13.2 Å². The molecular formula is C16H18ClF3N2O. The molecule has 0 unspecified atom stereocenters. The van der Waals surface area contributed by atoms with Gasteiger partial charge in [-0.15, -0.1) is 12.4 Å². The van der Waals surface area contributed by atoms with E-state index in [1.165, 1.54) is 7.11 Å². The molecule has 0 saturated heterocycles. The minimum absolute atomic E-state index is 0. The van der Waals surface area contributed by atoms with Crippen LogP contribution in [0.5, 0.6) is 5.88 Å². The second-order valence-corrected chi connectivity index (χ2v) is 4.88. The third-order valence-corrected chi connectivity index (χ3v) is 3.19. The summed E-state index contributed by atoms with van der Waals surface area (Å²) in [6.45, 7) is 0.275. The number of hydrogen-bond donors (Lipinski definition) is 1. The van der Waals surface area contributed by atoms with E-state index in [9.17, 15) is 13.2 Å². The Hall–Kier alpha value is -1.79. The summed E-state index contributed by atoms with van der Waals surface area (Å²) in [7, 11) is 2.98. The highest BCUT2D eigenvalue weighted by atomic mass is 35.5. The van der Waals surface area contributed by atoms with E-state index in [0.29, 0.717) is 11.1 Å². The minimum Gasteiger partial charge on any atom is -0.481 e. The van der Waals surface area contributed by atoms with Gasteiger partial charge in [0.25, 0.3) is 5.92 Å². The molecule has 1 heterocycles. The van der Waals surface area contributed by atoms with Crippen LogP contribution in [0.2, 0.25) is 0 Å². The highest BCUT2D eigenvalue weighted by Gasteiger charge is 2.37. The Morgan fingerprint density at radius 1 is 1.22 bits per heavy atom. The third kappa shape index (κ3) is 4.59. The van der Waals surface area contributed by atoms with Crippen LogP contribution >= 0.6 is 12.4 Å². The largest absolute Gasteiger partial charge is 0.481 e. The fourth-order valence-corrected chi connectivity index (χ4v) is 2.20. The quantitative estimate of drug-likeness (QED) is 0.866. The molecule has 0 saturated carbocycles. The summed E-state index contributed by atoms with van der Waals surface area (Å²) < 4.78 is 47.8. The Balaban J connectivity index is 0.00000264. The van der Waals surface area contributed by atoms with E-state index in [0.717, 1.165) is 6.07 Å². The molecule has 3 nitrogen and oxygen atoms in total. The third-order valence-electron chi connectivity index (χ3n) is 3.19. The molecule has 0 bridgehead atoms. The lowest BCUT2D eigenvalue weighted by atomic mass is 10.0. The van der Waals surface area contributed by atoms with Crippen molar-refractivity contribution in [2.75, 3.05) is 14.2 Å². The molecule has 2 rings (SSSR count). The van der Waals surface area contributed by atoms with Gasteiger partial charge in [0, 0.05) is 18.5 Å². The fourth-order valence-electron chi connectivity index (χ4n) is 2.20. The number of alkyl halides is 2. The van der Waals surface area contributed by atoms with Crippen molar-refractivity contribution in [1.82, 2.24) is 10.3 Å². The van der Waals surface area contributed by atoms with Crippen LogP contribution in [-0.2, 0) is 18.9 Å². The van der Waals surface area contributed by atoms with Crippen molar-refractivity contribution in [2.45, 2.75) is 18.9 Å². The van der Waals surface area contributed by atoms with Crippen LogP contribution in [0.25, 0.3) is 0 Å². The Bertz CT molecular complexity index is 639. The van der Waals surface area contributed by atoms with Crippen molar-refractivity contribution in [3.05, 3.63) is 59.0 Å². The number of nitrogens with zero attached hydrogens (tertiary/aromatic N) is 1. The summed E-state index contributed by atoms with van der Waals surface area (Å²) in [5.74, 6) is -4.46. The first-order chi connectivity index (χ1) is 10.5. The summed E-state index contributed by atoms with van der Waals surface area (Å²) in [4.78, 5) is 3.69. The summed E-state index contributed by atoms with van der Waals surface area (Å²) >= 11 is 0. The standard InChI is InChI=1S/C16H17F3N2O.ClH/c1-20-10-12-8-13(17)14(21-15(12)22-2)16(18,19)9-11-6-4-3-5-7-11;/h3-8,20H,9-10H2,1-2H3;1H. The number of benzene rings is 1. The number of methoxy groups -OCH3 is 1. The van der Waals surface area contributed by atoms with Gasteiger partial charge >= 0.3 is 0 Å². The molecule has 23 heavy (non-hydrogen) atoms. The molecule has 0 aliphatic carbocycles. The fraction of sp³-hybridized carbons (Fsp3) is 0.312. The molecule has 1 aromatic heterocycles. The Kier molecular flexibility index (Phi) is 6.84. The van der Waals surface area contributed by atoms with Gasteiger partial charge in [-0.3, -0.25) is 0 Å². The van der Waals surface area contributed by atoms with Gasteiger partial charge in [0.1, 0.15) is 5.69 Å². The summed E-state index contributed by atoms with van der Waals surface area (Å²) in [5.41, 5.74) is -0.0956. The van der Waals surface area contributed by atoms with E-state index in [-0.39, 0.29) is 24.8 Å². The van der Waals surface area contributed by atoms with Crippen molar-refractivity contribution in [3.8, 4) is 5.88 Å². The molecular weight excluding hydrogens is 329 g/mol. The van der Waals surface area contributed by atoms with Crippen molar-refractivity contribution >= 4 is 12.4 Å². The zero-order valence-corrected chi connectivity index (χ0v) is 13.6. The van der Waals surface area contributed by atoms with Gasteiger partial charge in [-0.25, -0.2) is 9.37 Å². The molecule has 0 spiro atoms. The molecule has 1 N–H and O–H groups in total. The van der Waals surface area contributed by atoms with Crippen LogP contribution in [0.3, 0.4) is 0 Å². The number of halogens is 4. The number of aromatic nitrogens is 1. The van der Waals surface area contributed by atoms with Crippen molar-refractivity contribution in [3.63, 3.8) is 0 Å². The number of nitrogens with one attached hydrogen (secondary N) is 1. The molecule has 0 atom stereocenters. The molecule has 0 amide bonds. The lowest BCUT2D eigenvalue weighted by Crippen LogP contribution is -2.22. The van der Waals surface area contributed by atoms with Crippen LogP contribution in [0.15, 0.2) is 36.4 Å². The number of hydrogen-bond acceptors (Lipinski definition) is 3. The van der Waals surface area contributed by atoms with E-state index in [1.807, 2.05) is 0 Å². The van der Waals surface area contributed by atoms with Crippen molar-refractivity contribution in [1.29, 1.82) is 0 Å². The zero-order valence-electron chi connectivity index (χ0n) is 12.8. The van der Waals surface area contributed by atoms with Crippen LogP contribution in [0, 0.1) is 5.82 Å². The average Bonchev–Trinajstić information content (AvgIpc) is 2.48. The van der Waals surface area contributed by atoms with E-state index in [1.54, 1.807) is 37.4 Å². The summed E-state index contributed by atoms with van der Waals surface area (Å²) in [6, 6.07) is 9.22. The molecule has 0 aliphatic rings. The Morgan fingerprint density at radius 3 is 2.43 bits per heavy atom. The average molecular weight is 347 g/mol. The van der Waals surface area contributed by atoms with Crippen molar-refractivity contribution in [2.24, 2.45) is 0 Å². The first-order valence-electron chi connectivity index (χ1n) is 6.78. The first-order valence-corrected chi connectivity index (χ1v) is 6.78. The van der Waals surface area contributed by atoms with Crippen LogP contribution in [-0.4, -0.2) is 19.1 Å². The van der Waals surface area contributed by atoms with Crippen molar-refractivity contribution < 1.29 is 17.9 Å². The molecule has 2 aromatic rings. The lowest BCUT2D eigenvalue weighted by Gasteiger charge is -2.18. The van der Waals surface area contributed by atoms with Gasteiger partial charge in [0.05, 0.1) is 7.11 Å². The smallest absolute Gasteiger partial charge is 0.296 e. The second-order valence-electron chi connectivity index (χ2n) is 4.88. The van der Waals surface area contributed by atoms with E-state index in [4.69, 9.17) is 4.74 Å². The number of rotatable bonds is 6. The topological polar surface area (TPSA) is 34.2 Å². The van der Waals surface area contributed by atoms with E-state index in [2.05, 4.69) is 10.3 Å². The predicted molar refractivity (Wildman–Crippen MR) is 84.8 cm³/mol. The van der Waals surface area contributed by atoms with Gasteiger partial charge in [0.15, 0.2) is 5.82 Å². The van der Waals surface area contributed by atoms with Gasteiger partial charge in [-0.1, -0.05) is 30.3 Å². The minimum atomic E-state index is -3.42. The van der Waals surface area contributed by atoms with E-state index < -0.39 is 23.9 Å². The lowest BCUT2D eigenvalue weighted by molar-refractivity contribution is -0.0126. The normalized spacial score (nSPS) is 11.0. The Morgan fingerprint density at radius 2 is 1.87 bits per heavy atom. The summed E-state index contributed by atoms with van der Waals surface area (Å²) in [6.07, 6.45) is -0.619.